The molecule has 2 amide bonds. The van der Waals surface area contributed by atoms with Gasteiger partial charge in [-0.05, 0) is 74.1 Å². The first-order valence-electron chi connectivity index (χ1n) is 13.6. The molecule has 40 heavy (non-hydrogen) atoms. The number of aryl methyl sites for hydroxylation is 3. The summed E-state index contributed by atoms with van der Waals surface area (Å²) in [6.07, 6.45) is 2.13. The number of nitrogens with one attached hydrogen (secondary N) is 1. The lowest BCUT2D eigenvalue weighted by Crippen LogP contribution is -2.54. The van der Waals surface area contributed by atoms with E-state index < -0.39 is 28.5 Å². The Morgan fingerprint density at radius 1 is 0.900 bits per heavy atom. The van der Waals surface area contributed by atoms with Gasteiger partial charge < -0.3 is 10.2 Å². The second-order valence-corrected chi connectivity index (χ2v) is 12.5. The van der Waals surface area contributed by atoms with Crippen LogP contribution in [-0.4, -0.2) is 50.0 Å². The highest BCUT2D eigenvalue weighted by atomic mass is 32.2. The van der Waals surface area contributed by atoms with Crippen molar-refractivity contribution in [3.8, 4) is 0 Å². The molecule has 1 N–H and O–H groups in total. The van der Waals surface area contributed by atoms with Crippen LogP contribution in [0.25, 0.3) is 0 Å². The van der Waals surface area contributed by atoms with E-state index in [4.69, 9.17) is 0 Å². The molecule has 0 radical (unpaired) electrons. The Balaban J connectivity index is 2.09. The van der Waals surface area contributed by atoms with Crippen molar-refractivity contribution in [3.05, 3.63) is 101 Å². The fourth-order valence-corrected chi connectivity index (χ4v) is 5.51. The van der Waals surface area contributed by atoms with Gasteiger partial charge in [0.15, 0.2) is 0 Å². The highest BCUT2D eigenvalue weighted by molar-refractivity contribution is 7.92. The first-order chi connectivity index (χ1) is 18.9. The number of benzene rings is 3. The number of hydrogen-bond acceptors (Lipinski definition) is 4. The average molecular weight is 564 g/mol. The van der Waals surface area contributed by atoms with Gasteiger partial charge in [-0.2, -0.15) is 0 Å². The van der Waals surface area contributed by atoms with Crippen molar-refractivity contribution in [1.82, 2.24) is 10.2 Å². The maximum Gasteiger partial charge on any atom is 0.244 e. The smallest absolute Gasteiger partial charge is 0.244 e. The molecule has 0 aliphatic heterocycles. The zero-order chi connectivity index (χ0) is 29.4. The molecule has 0 saturated heterocycles. The van der Waals surface area contributed by atoms with Gasteiger partial charge in [0.05, 0.1) is 11.9 Å². The fourth-order valence-electron chi connectivity index (χ4n) is 4.67. The molecule has 0 spiro atoms. The van der Waals surface area contributed by atoms with E-state index in [-0.39, 0.29) is 18.5 Å². The van der Waals surface area contributed by atoms with Crippen LogP contribution in [0.5, 0.6) is 0 Å². The number of carbonyl (C=O) groups excluding carboxylic acids is 2. The van der Waals surface area contributed by atoms with Gasteiger partial charge in [-0.25, -0.2) is 8.42 Å². The van der Waals surface area contributed by atoms with Crippen molar-refractivity contribution < 1.29 is 18.0 Å². The average Bonchev–Trinajstić information content (AvgIpc) is 2.89. The minimum absolute atomic E-state index is 0.0797. The first kappa shape index (κ1) is 30.9. The van der Waals surface area contributed by atoms with Crippen LogP contribution in [0.15, 0.2) is 72.8 Å². The van der Waals surface area contributed by atoms with Gasteiger partial charge in [0, 0.05) is 19.0 Å². The second kappa shape index (κ2) is 13.6. The molecular weight excluding hydrogens is 522 g/mol. The molecule has 0 bridgehead atoms. The van der Waals surface area contributed by atoms with Crippen molar-refractivity contribution in [2.45, 2.75) is 66.1 Å². The third-order valence-electron chi connectivity index (χ3n) is 7.05. The number of hydrogen-bond donors (Lipinski definition) is 1. The van der Waals surface area contributed by atoms with E-state index >= 15 is 0 Å². The highest BCUT2D eigenvalue weighted by Gasteiger charge is 2.33. The maximum absolute atomic E-state index is 14.2. The van der Waals surface area contributed by atoms with E-state index in [0.717, 1.165) is 44.8 Å². The summed E-state index contributed by atoms with van der Waals surface area (Å²) >= 11 is 0. The third-order valence-corrected chi connectivity index (χ3v) is 8.19. The van der Waals surface area contributed by atoms with Crippen molar-refractivity contribution in [1.29, 1.82) is 0 Å². The Kier molecular flexibility index (Phi) is 10.5. The molecule has 3 aromatic rings. The summed E-state index contributed by atoms with van der Waals surface area (Å²) < 4.78 is 27.1. The second-order valence-electron chi connectivity index (χ2n) is 10.6. The zero-order valence-corrected chi connectivity index (χ0v) is 25.2. The number of rotatable bonds is 12. The van der Waals surface area contributed by atoms with Crippen molar-refractivity contribution >= 4 is 27.5 Å². The van der Waals surface area contributed by atoms with Gasteiger partial charge in [0.1, 0.15) is 12.6 Å². The highest BCUT2D eigenvalue weighted by Crippen LogP contribution is 2.23. The summed E-state index contributed by atoms with van der Waals surface area (Å²) in [5, 5.41) is 3.05. The first-order valence-corrected chi connectivity index (χ1v) is 15.5. The van der Waals surface area contributed by atoms with Gasteiger partial charge in [-0.15, -0.1) is 0 Å². The van der Waals surface area contributed by atoms with Gasteiger partial charge in [-0.1, -0.05) is 67.6 Å². The van der Waals surface area contributed by atoms with E-state index in [2.05, 4.69) is 5.32 Å². The van der Waals surface area contributed by atoms with Gasteiger partial charge in [-0.3, -0.25) is 13.9 Å². The molecule has 0 heterocycles. The van der Waals surface area contributed by atoms with E-state index in [1.807, 2.05) is 95.3 Å². The zero-order valence-electron chi connectivity index (χ0n) is 24.3. The molecular formula is C32H41N3O4S. The van der Waals surface area contributed by atoms with Crippen LogP contribution < -0.4 is 9.62 Å². The van der Waals surface area contributed by atoms with E-state index in [0.29, 0.717) is 12.1 Å². The van der Waals surface area contributed by atoms with Crippen LogP contribution in [0.2, 0.25) is 0 Å². The SMILES string of the molecule is CC[C@@H](C)NC(=O)[C@@H](Cc1ccccc1)N(Cc1ccccc1C)C(=O)CN(c1cc(C)cc(C)c1)S(C)(=O)=O. The molecule has 0 saturated carbocycles. The van der Waals surface area contributed by atoms with Crippen LogP contribution in [0.1, 0.15) is 48.1 Å². The van der Waals surface area contributed by atoms with Crippen LogP contribution in [-0.2, 0) is 32.6 Å². The molecule has 7 nitrogen and oxygen atoms in total. The molecule has 0 fully saturated rings. The Labute approximate surface area is 239 Å². The summed E-state index contributed by atoms with van der Waals surface area (Å²) in [5.41, 5.74) is 4.99. The van der Waals surface area contributed by atoms with Crippen LogP contribution in [0, 0.1) is 20.8 Å². The Bertz CT molecular complexity index is 1400. The number of anilines is 1. The quantitative estimate of drug-likeness (QED) is 0.339. The summed E-state index contributed by atoms with van der Waals surface area (Å²) in [4.78, 5) is 29.5. The summed E-state index contributed by atoms with van der Waals surface area (Å²) in [6, 6.07) is 21.8. The standard InChI is InChI=1S/C32H41N3O4S/c1-7-26(5)33-32(37)30(20-27-14-9-8-10-15-27)34(21-28-16-12-11-13-25(28)4)31(36)22-35(40(6,38)39)29-18-23(2)17-24(3)19-29/h8-19,26,30H,7,20-22H2,1-6H3,(H,33,37)/t26-,30-/m1/s1. The number of carbonyl (C=O) groups is 2. The van der Waals surface area contributed by atoms with Crippen molar-refractivity contribution in [2.24, 2.45) is 0 Å². The van der Waals surface area contributed by atoms with Gasteiger partial charge >= 0.3 is 0 Å². The number of nitrogens with zero attached hydrogens (tertiary/aromatic N) is 2. The van der Waals surface area contributed by atoms with Crippen molar-refractivity contribution in [2.75, 3.05) is 17.1 Å². The fraction of sp³-hybridized carbons (Fsp3) is 0.375. The van der Waals surface area contributed by atoms with Gasteiger partial charge in [0.25, 0.3) is 0 Å². The normalized spacial score (nSPS) is 12.8. The van der Waals surface area contributed by atoms with Crippen LogP contribution >= 0.6 is 0 Å². The molecule has 214 valence electrons. The van der Waals surface area contributed by atoms with Crippen LogP contribution in [0.3, 0.4) is 0 Å². The lowest BCUT2D eigenvalue weighted by atomic mass is 10.0. The molecule has 0 unspecified atom stereocenters. The van der Waals surface area contributed by atoms with Crippen LogP contribution in [0.4, 0.5) is 5.69 Å². The number of sulfonamides is 1. The van der Waals surface area contributed by atoms with E-state index in [1.165, 1.54) is 4.90 Å². The molecule has 0 aromatic heterocycles. The lowest BCUT2D eigenvalue weighted by molar-refractivity contribution is -0.140. The maximum atomic E-state index is 14.2. The third kappa shape index (κ3) is 8.42. The van der Waals surface area contributed by atoms with E-state index in [1.54, 1.807) is 12.1 Å². The topological polar surface area (TPSA) is 86.8 Å². The Hall–Kier alpha value is -3.65. The monoisotopic (exact) mass is 563 g/mol. The Morgan fingerprint density at radius 3 is 2.08 bits per heavy atom. The minimum Gasteiger partial charge on any atom is -0.352 e. The minimum atomic E-state index is -3.80. The molecule has 3 rings (SSSR count). The molecule has 3 aromatic carbocycles. The molecule has 0 aliphatic carbocycles. The summed E-state index contributed by atoms with van der Waals surface area (Å²) in [7, 11) is -3.80. The summed E-state index contributed by atoms with van der Waals surface area (Å²) in [6.45, 7) is 9.40. The Morgan fingerprint density at radius 2 is 1.50 bits per heavy atom. The predicted octanol–water partition coefficient (Wildman–Crippen LogP) is 4.93. The van der Waals surface area contributed by atoms with E-state index in [9.17, 15) is 18.0 Å². The lowest BCUT2D eigenvalue weighted by Gasteiger charge is -2.34. The molecule has 8 heteroatoms. The van der Waals surface area contributed by atoms with Crippen molar-refractivity contribution in [3.63, 3.8) is 0 Å². The molecule has 0 aliphatic rings. The largest absolute Gasteiger partial charge is 0.352 e. The molecule has 2 atom stereocenters. The number of amides is 2. The van der Waals surface area contributed by atoms with Gasteiger partial charge in [0.2, 0.25) is 21.8 Å². The predicted molar refractivity (Wildman–Crippen MR) is 162 cm³/mol. The summed E-state index contributed by atoms with van der Waals surface area (Å²) in [5.74, 6) is -0.717.